The molecule has 0 fully saturated rings. The van der Waals surface area contributed by atoms with Gasteiger partial charge in [0.2, 0.25) is 5.91 Å². The van der Waals surface area contributed by atoms with E-state index >= 15 is 0 Å². The molecule has 1 aromatic heterocycles. The second-order valence-corrected chi connectivity index (χ2v) is 9.24. The van der Waals surface area contributed by atoms with E-state index in [1.54, 1.807) is 50.7 Å². The average Bonchev–Trinajstić information content (AvgIpc) is 3.01. The molecule has 7 nitrogen and oxygen atoms in total. The largest absolute Gasteiger partial charge is 0.508 e. The number of hydrogen-bond donors (Lipinski definition) is 2. The molecule has 0 saturated heterocycles. The van der Waals surface area contributed by atoms with Crippen LogP contribution in [0.1, 0.15) is 29.2 Å². The highest BCUT2D eigenvalue weighted by atomic mass is 35.5. The van der Waals surface area contributed by atoms with Crippen molar-refractivity contribution < 1.29 is 14.6 Å². The Labute approximate surface area is 218 Å². The lowest BCUT2D eigenvalue weighted by Gasteiger charge is -2.16. The van der Waals surface area contributed by atoms with Gasteiger partial charge in [-0.1, -0.05) is 23.7 Å². The molecule has 1 aliphatic heterocycles. The molecule has 0 spiro atoms. The molecular weight excluding hydrogens is 490 g/mol. The van der Waals surface area contributed by atoms with E-state index in [1.165, 1.54) is 16.7 Å². The van der Waals surface area contributed by atoms with Crippen molar-refractivity contribution in [2.24, 2.45) is 12.0 Å². The van der Waals surface area contributed by atoms with Crippen LogP contribution in [0.15, 0.2) is 88.8 Å². The number of anilines is 1. The molecule has 1 atom stereocenters. The quantitative estimate of drug-likeness (QED) is 0.352. The van der Waals surface area contributed by atoms with Crippen molar-refractivity contribution in [3.05, 3.63) is 111 Å². The number of carbonyl (C=O) groups excluding carboxylic acids is 1. The normalized spacial score (nSPS) is 14.1. The molecule has 5 rings (SSSR count). The van der Waals surface area contributed by atoms with E-state index in [0.717, 1.165) is 22.3 Å². The zero-order valence-electron chi connectivity index (χ0n) is 20.2. The number of nitrogens with one attached hydrogen (secondary N) is 1. The fourth-order valence-electron chi connectivity index (χ4n) is 4.45. The van der Waals surface area contributed by atoms with Crippen molar-refractivity contribution in [2.75, 3.05) is 12.4 Å². The van der Waals surface area contributed by atoms with E-state index < -0.39 is 6.04 Å². The van der Waals surface area contributed by atoms with E-state index in [0.29, 0.717) is 27.7 Å². The highest BCUT2D eigenvalue weighted by Crippen LogP contribution is 2.39. The van der Waals surface area contributed by atoms with E-state index in [1.807, 2.05) is 30.3 Å². The second kappa shape index (κ2) is 9.95. The minimum atomic E-state index is -0.634. The van der Waals surface area contributed by atoms with Gasteiger partial charge in [-0.3, -0.25) is 14.6 Å². The van der Waals surface area contributed by atoms with E-state index in [9.17, 15) is 14.7 Å². The number of halogens is 1. The number of hydrogen-bond acceptors (Lipinski definition) is 5. The summed E-state index contributed by atoms with van der Waals surface area (Å²) in [6, 6.07) is 20.2. The number of ether oxygens (including phenoxy) is 1. The number of phenols is 1. The molecule has 0 bridgehead atoms. The first-order valence-corrected chi connectivity index (χ1v) is 12.0. The Morgan fingerprint density at radius 2 is 1.76 bits per heavy atom. The highest BCUT2D eigenvalue weighted by molar-refractivity contribution is 6.30. The molecule has 0 aliphatic carbocycles. The van der Waals surface area contributed by atoms with E-state index in [-0.39, 0.29) is 23.6 Å². The number of phenolic OH excluding ortho intramolecular Hbond substituents is 1. The number of nitrogens with zero attached hydrogens (tertiary/aromatic N) is 2. The summed E-state index contributed by atoms with van der Waals surface area (Å²) in [7, 11) is 3.30. The lowest BCUT2D eigenvalue weighted by atomic mass is 9.91. The van der Waals surface area contributed by atoms with Gasteiger partial charge in [0.1, 0.15) is 11.5 Å². The maximum Gasteiger partial charge on any atom is 0.250 e. The summed E-state index contributed by atoms with van der Waals surface area (Å²) in [6.07, 6.45) is 1.79. The third-order valence-electron chi connectivity index (χ3n) is 6.32. The molecule has 0 saturated carbocycles. The van der Waals surface area contributed by atoms with Crippen LogP contribution in [-0.2, 0) is 11.8 Å². The Hall–Kier alpha value is -4.36. The third kappa shape index (κ3) is 4.99. The SMILES string of the molecule is COc1ccc2c(c1)C(c1ccc(Cl)cc1)=N[C@@H](CC(=O)Nc1ccc(O)cc1)c1cc(=O)n(C)cc1-2. The molecular formula is C29H24ClN3O4. The van der Waals surface area contributed by atoms with Gasteiger partial charge >= 0.3 is 0 Å². The number of methoxy groups -OCH3 is 1. The fourth-order valence-corrected chi connectivity index (χ4v) is 4.57. The molecule has 1 amide bonds. The first-order valence-electron chi connectivity index (χ1n) is 11.6. The van der Waals surface area contributed by atoms with Gasteiger partial charge in [0.15, 0.2) is 0 Å². The number of pyridine rings is 1. The monoisotopic (exact) mass is 513 g/mol. The number of carbonyl (C=O) groups is 1. The number of benzene rings is 3. The minimum absolute atomic E-state index is 0.00323. The summed E-state index contributed by atoms with van der Waals surface area (Å²) >= 11 is 6.16. The zero-order chi connectivity index (χ0) is 26.1. The Morgan fingerprint density at radius 3 is 2.46 bits per heavy atom. The van der Waals surface area contributed by atoms with Gasteiger partial charge in [-0.25, -0.2) is 0 Å². The summed E-state index contributed by atoms with van der Waals surface area (Å²) in [5, 5.41) is 13.0. The van der Waals surface area contributed by atoms with Crippen LogP contribution >= 0.6 is 11.6 Å². The molecule has 0 radical (unpaired) electrons. The van der Waals surface area contributed by atoms with Crippen molar-refractivity contribution in [2.45, 2.75) is 12.5 Å². The van der Waals surface area contributed by atoms with Crippen LogP contribution in [0.2, 0.25) is 5.02 Å². The van der Waals surface area contributed by atoms with Gasteiger partial charge in [-0.15, -0.1) is 0 Å². The highest BCUT2D eigenvalue weighted by Gasteiger charge is 2.28. The van der Waals surface area contributed by atoms with Gasteiger partial charge < -0.3 is 19.7 Å². The predicted octanol–water partition coefficient (Wildman–Crippen LogP) is 5.34. The first-order chi connectivity index (χ1) is 17.8. The van der Waals surface area contributed by atoms with Crippen LogP contribution < -0.4 is 15.6 Å². The lowest BCUT2D eigenvalue weighted by Crippen LogP contribution is -2.20. The summed E-state index contributed by atoms with van der Waals surface area (Å²) in [5.41, 5.74) is 5.03. The number of rotatable bonds is 5. The summed E-state index contributed by atoms with van der Waals surface area (Å²) < 4.78 is 7.03. The lowest BCUT2D eigenvalue weighted by molar-refractivity contribution is -0.116. The minimum Gasteiger partial charge on any atom is -0.508 e. The Bertz CT molecular complexity index is 1570. The smallest absolute Gasteiger partial charge is 0.250 e. The molecule has 4 aromatic rings. The number of aromatic nitrogens is 1. The molecule has 37 heavy (non-hydrogen) atoms. The maximum absolute atomic E-state index is 13.1. The first kappa shape index (κ1) is 24.3. The molecule has 1 aliphatic rings. The van der Waals surface area contributed by atoms with E-state index in [4.69, 9.17) is 21.3 Å². The van der Waals surface area contributed by atoms with Gasteiger partial charge in [0.25, 0.3) is 5.56 Å². The number of aromatic hydroxyl groups is 1. The number of amides is 1. The Balaban J connectivity index is 1.67. The van der Waals surface area contributed by atoms with E-state index in [2.05, 4.69) is 5.32 Å². The van der Waals surface area contributed by atoms with Crippen LogP contribution in [0.5, 0.6) is 11.5 Å². The Kier molecular flexibility index (Phi) is 6.54. The zero-order valence-corrected chi connectivity index (χ0v) is 21.0. The second-order valence-electron chi connectivity index (χ2n) is 8.80. The van der Waals surface area contributed by atoms with Gasteiger partial charge in [0.05, 0.1) is 25.3 Å². The molecule has 0 unspecified atom stereocenters. The molecule has 2 heterocycles. The Morgan fingerprint density at radius 1 is 1.03 bits per heavy atom. The van der Waals surface area contributed by atoms with Crippen LogP contribution in [-0.4, -0.2) is 28.4 Å². The van der Waals surface area contributed by atoms with Crippen LogP contribution in [0.25, 0.3) is 11.1 Å². The summed E-state index contributed by atoms with van der Waals surface area (Å²) in [6.45, 7) is 0. The molecule has 8 heteroatoms. The average molecular weight is 514 g/mol. The van der Waals surface area contributed by atoms with Gasteiger partial charge in [-0.2, -0.15) is 0 Å². The number of aryl methyl sites for hydroxylation is 1. The summed E-state index contributed by atoms with van der Waals surface area (Å²) in [5.74, 6) is 0.498. The van der Waals surface area contributed by atoms with Crippen LogP contribution in [0.4, 0.5) is 5.69 Å². The van der Waals surface area contributed by atoms with Crippen LogP contribution in [0, 0.1) is 0 Å². The van der Waals surface area contributed by atoms with Crippen molar-refractivity contribution in [1.82, 2.24) is 4.57 Å². The molecule has 3 aromatic carbocycles. The van der Waals surface area contributed by atoms with Crippen molar-refractivity contribution >= 4 is 28.9 Å². The van der Waals surface area contributed by atoms with Crippen molar-refractivity contribution in [3.8, 4) is 22.6 Å². The summed E-state index contributed by atoms with van der Waals surface area (Å²) in [4.78, 5) is 30.9. The van der Waals surface area contributed by atoms with Gasteiger partial charge in [0, 0.05) is 46.7 Å². The van der Waals surface area contributed by atoms with Crippen molar-refractivity contribution in [3.63, 3.8) is 0 Å². The third-order valence-corrected chi connectivity index (χ3v) is 6.58. The van der Waals surface area contributed by atoms with Crippen molar-refractivity contribution in [1.29, 1.82) is 0 Å². The maximum atomic E-state index is 13.1. The number of aliphatic imine (C=N–C) groups is 1. The standard InChI is InChI=1S/C29H24ClN3O4/c1-33-16-25-22-12-11-21(37-2)13-24(22)29(17-3-5-18(30)6-4-17)32-26(23(25)14-28(33)36)15-27(35)31-19-7-9-20(34)10-8-19/h3-14,16,26,34H,15H2,1-2H3,(H,31,35)/t26-/m0/s1. The number of fused-ring (bicyclic) bond motifs is 3. The molecule has 186 valence electrons. The molecule has 2 N–H and O–H groups in total. The predicted molar refractivity (Wildman–Crippen MR) is 145 cm³/mol. The van der Waals surface area contributed by atoms with Crippen LogP contribution in [0.3, 0.4) is 0 Å². The van der Waals surface area contributed by atoms with Gasteiger partial charge in [-0.05, 0) is 65.7 Å². The topological polar surface area (TPSA) is 92.9 Å². The fraction of sp³-hybridized carbons (Fsp3) is 0.138.